The summed E-state index contributed by atoms with van der Waals surface area (Å²) < 4.78 is 0. The summed E-state index contributed by atoms with van der Waals surface area (Å²) in [5, 5.41) is 21.2. The van der Waals surface area contributed by atoms with Gasteiger partial charge in [-0.3, -0.25) is 14.9 Å². The Kier molecular flexibility index (Phi) is 8.04. The quantitative estimate of drug-likeness (QED) is 0.260. The van der Waals surface area contributed by atoms with Crippen molar-refractivity contribution in [3.05, 3.63) is 83.9 Å². The van der Waals surface area contributed by atoms with E-state index in [0.29, 0.717) is 6.54 Å². The van der Waals surface area contributed by atoms with E-state index < -0.39 is 30.0 Å². The summed E-state index contributed by atoms with van der Waals surface area (Å²) in [6, 6.07) is 20.4. The average molecular weight is 439 g/mol. The molecule has 3 aromatic carbocycles. The van der Waals surface area contributed by atoms with Gasteiger partial charge in [-0.25, -0.2) is 0 Å². The van der Waals surface area contributed by atoms with E-state index in [-0.39, 0.29) is 41.9 Å². The number of amides is 2. The van der Waals surface area contributed by atoms with Gasteiger partial charge < -0.3 is 20.5 Å². The Hall–Kier alpha value is -2.71. The van der Waals surface area contributed by atoms with Crippen LogP contribution >= 0.6 is 0 Å². The molecule has 1 fully saturated rings. The third kappa shape index (κ3) is 5.75. The molecule has 8 heteroatoms. The van der Waals surface area contributed by atoms with Crippen LogP contribution in [0.25, 0.3) is 10.8 Å². The van der Waals surface area contributed by atoms with Gasteiger partial charge >= 0.3 is 29.6 Å². The molecule has 32 heavy (non-hydrogen) atoms. The predicted molar refractivity (Wildman–Crippen MR) is 114 cm³/mol. The van der Waals surface area contributed by atoms with Crippen molar-refractivity contribution in [2.24, 2.45) is 0 Å². The summed E-state index contributed by atoms with van der Waals surface area (Å²) in [7, 11) is 0. The average Bonchev–Trinajstić information content (AvgIpc) is 3.59. The summed E-state index contributed by atoms with van der Waals surface area (Å²) in [4.78, 5) is 36.3. The number of carboxylic acid groups (broad SMARTS) is 1. The topological polar surface area (TPSA) is 120 Å². The third-order valence-corrected chi connectivity index (χ3v) is 5.37. The monoisotopic (exact) mass is 439 g/mol. The summed E-state index contributed by atoms with van der Waals surface area (Å²) in [6.07, 6.45) is 0.288. The number of carbonyl (C=O) groups is 3. The molecule has 1 aliphatic rings. The normalized spacial score (nSPS) is 17.6. The van der Waals surface area contributed by atoms with Crippen LogP contribution in [0.15, 0.2) is 72.8 Å². The molecule has 0 saturated carbocycles. The fraction of sp³-hybridized carbons (Fsp3) is 0.208. The second-order valence-corrected chi connectivity index (χ2v) is 7.55. The van der Waals surface area contributed by atoms with Crippen LogP contribution in [0, 0.1) is 0 Å². The summed E-state index contributed by atoms with van der Waals surface area (Å²) in [5.74, 6) is -2.20. The zero-order chi connectivity index (χ0) is 21.8. The van der Waals surface area contributed by atoms with Gasteiger partial charge in [0.1, 0.15) is 12.1 Å². The minimum atomic E-state index is -1.33. The second-order valence-electron chi connectivity index (χ2n) is 7.55. The Morgan fingerprint density at radius 3 is 2.31 bits per heavy atom. The molecule has 0 unspecified atom stereocenters. The van der Waals surface area contributed by atoms with E-state index in [1.165, 1.54) is 0 Å². The number of carbonyl (C=O) groups excluding carboxylic acids is 3. The molecule has 0 spiro atoms. The molecule has 3 N–H and O–H groups in total. The maximum Gasteiger partial charge on any atom is 1.00 e. The minimum absolute atomic E-state index is 0. The molecular formula is C24H22N3NaO4. The Morgan fingerprint density at radius 1 is 0.906 bits per heavy atom. The first-order chi connectivity index (χ1) is 15.0. The van der Waals surface area contributed by atoms with Crippen LogP contribution in [0.5, 0.6) is 0 Å². The number of aliphatic carboxylic acids is 1. The van der Waals surface area contributed by atoms with E-state index in [9.17, 15) is 19.5 Å². The van der Waals surface area contributed by atoms with E-state index in [1.807, 2.05) is 72.8 Å². The summed E-state index contributed by atoms with van der Waals surface area (Å²) in [6.45, 7) is 0.310. The van der Waals surface area contributed by atoms with Crippen LogP contribution in [0.1, 0.15) is 11.1 Å². The van der Waals surface area contributed by atoms with Crippen LogP contribution in [-0.2, 0) is 27.3 Å². The molecule has 158 valence electrons. The zero-order valence-corrected chi connectivity index (χ0v) is 19.7. The van der Waals surface area contributed by atoms with E-state index >= 15 is 0 Å². The Labute approximate surface area is 207 Å². The van der Waals surface area contributed by atoms with Crippen molar-refractivity contribution in [1.29, 1.82) is 0 Å². The van der Waals surface area contributed by atoms with Crippen molar-refractivity contribution < 1.29 is 49.0 Å². The molecule has 1 heterocycles. The standard InChI is InChI=1S/C24H23N3O4.Na/c28-22(25-14-17-11-6-10-16-9-4-5-12-18(16)17)19(13-15-7-2-1-3-8-15)26-23(29)20-21(27-20)24(30)31;/h1-12,19-21,27H,13-14H2,(H,25,28)(H,26,29)(H,30,31);/q;+1/p-1/t19-,20-,21-;/m0./s1. The molecule has 0 aromatic heterocycles. The number of hydrogen-bond donors (Lipinski definition) is 3. The smallest absolute Gasteiger partial charge is 0.548 e. The maximum absolute atomic E-state index is 13.0. The van der Waals surface area contributed by atoms with Crippen molar-refractivity contribution in [3.8, 4) is 0 Å². The first-order valence-corrected chi connectivity index (χ1v) is 10.1. The van der Waals surface area contributed by atoms with Crippen molar-refractivity contribution in [1.82, 2.24) is 16.0 Å². The van der Waals surface area contributed by atoms with Crippen molar-refractivity contribution in [3.63, 3.8) is 0 Å². The molecular weight excluding hydrogens is 417 g/mol. The first kappa shape index (κ1) is 23.9. The van der Waals surface area contributed by atoms with Gasteiger partial charge in [0.15, 0.2) is 0 Å². The minimum Gasteiger partial charge on any atom is -0.548 e. The third-order valence-electron chi connectivity index (χ3n) is 5.37. The van der Waals surface area contributed by atoms with E-state index in [0.717, 1.165) is 21.9 Å². The number of benzene rings is 3. The van der Waals surface area contributed by atoms with Gasteiger partial charge in [-0.2, -0.15) is 0 Å². The molecule has 3 aromatic rings. The number of fused-ring (bicyclic) bond motifs is 1. The molecule has 0 bridgehead atoms. The van der Waals surface area contributed by atoms with Crippen molar-refractivity contribution in [2.75, 3.05) is 0 Å². The van der Waals surface area contributed by atoms with Crippen molar-refractivity contribution in [2.45, 2.75) is 31.1 Å². The molecule has 1 aliphatic heterocycles. The zero-order valence-electron chi connectivity index (χ0n) is 17.7. The maximum atomic E-state index is 13.0. The predicted octanol–water partition coefficient (Wildman–Crippen LogP) is -2.72. The molecule has 1 saturated heterocycles. The molecule has 2 amide bonds. The molecule has 0 radical (unpaired) electrons. The first-order valence-electron chi connectivity index (χ1n) is 10.1. The molecule has 7 nitrogen and oxygen atoms in total. The van der Waals surface area contributed by atoms with Gasteiger partial charge in [0.2, 0.25) is 11.8 Å². The fourth-order valence-corrected chi connectivity index (χ4v) is 3.64. The largest absolute Gasteiger partial charge is 1.00 e. The van der Waals surface area contributed by atoms with E-state index in [2.05, 4.69) is 16.0 Å². The number of carboxylic acids is 1. The van der Waals surface area contributed by atoms with Gasteiger partial charge in [0, 0.05) is 13.0 Å². The molecule has 3 atom stereocenters. The Balaban J connectivity index is 0.00000289. The van der Waals surface area contributed by atoms with Crippen LogP contribution in [0.3, 0.4) is 0 Å². The summed E-state index contributed by atoms with van der Waals surface area (Å²) in [5.41, 5.74) is 1.85. The van der Waals surface area contributed by atoms with Gasteiger partial charge in [0.25, 0.3) is 0 Å². The summed E-state index contributed by atoms with van der Waals surface area (Å²) >= 11 is 0. The van der Waals surface area contributed by atoms with Gasteiger partial charge in [-0.15, -0.1) is 0 Å². The van der Waals surface area contributed by atoms with Crippen LogP contribution in [0.4, 0.5) is 0 Å². The number of hydrogen-bond acceptors (Lipinski definition) is 5. The van der Waals surface area contributed by atoms with Crippen LogP contribution in [-0.4, -0.2) is 35.9 Å². The Morgan fingerprint density at radius 2 is 1.59 bits per heavy atom. The SMILES string of the molecule is O=C(NCc1cccc2ccccc12)[C@H](Cc1ccccc1)NC(=O)[C@H]1N[C@@H]1C(=O)[O-].[Na+]. The Bertz CT molecular complexity index is 1120. The molecule has 4 rings (SSSR count). The fourth-order valence-electron chi connectivity index (χ4n) is 3.64. The van der Waals surface area contributed by atoms with Gasteiger partial charge in [0.05, 0.1) is 12.0 Å². The van der Waals surface area contributed by atoms with Crippen LogP contribution < -0.4 is 50.6 Å². The second kappa shape index (κ2) is 10.7. The molecule has 0 aliphatic carbocycles. The number of nitrogens with one attached hydrogen (secondary N) is 3. The van der Waals surface area contributed by atoms with E-state index in [4.69, 9.17) is 0 Å². The van der Waals surface area contributed by atoms with E-state index in [1.54, 1.807) is 0 Å². The van der Waals surface area contributed by atoms with Gasteiger partial charge in [-0.05, 0) is 21.9 Å². The van der Waals surface area contributed by atoms with Gasteiger partial charge in [-0.1, -0.05) is 72.8 Å². The van der Waals surface area contributed by atoms with Crippen molar-refractivity contribution >= 4 is 28.6 Å². The number of rotatable bonds is 8. The van der Waals surface area contributed by atoms with Crippen LogP contribution in [0.2, 0.25) is 0 Å².